The number of rotatable bonds is 1. The van der Waals surface area contributed by atoms with Crippen LogP contribution < -0.4 is 15.8 Å². The van der Waals surface area contributed by atoms with Crippen LogP contribution in [0.5, 0.6) is 0 Å². The van der Waals surface area contributed by atoms with Gasteiger partial charge in [-0.05, 0) is 36.4 Å². The fourth-order valence-electron chi connectivity index (χ4n) is 2.83. The fourth-order valence-corrected chi connectivity index (χ4v) is 2.83. The summed E-state index contributed by atoms with van der Waals surface area (Å²) in [6.45, 7) is 0. The summed E-state index contributed by atoms with van der Waals surface area (Å²) in [4.78, 5) is 2.24. The van der Waals surface area contributed by atoms with Crippen LogP contribution in [-0.4, -0.2) is 0 Å². The highest BCUT2D eigenvalue weighted by Crippen LogP contribution is 2.49. The third-order valence-electron chi connectivity index (χ3n) is 3.78. The highest BCUT2D eigenvalue weighted by Gasteiger charge is 2.26. The Morgan fingerprint density at radius 3 is 1.48 bits per heavy atom. The van der Waals surface area contributed by atoms with E-state index < -0.39 is 0 Å². The predicted molar refractivity (Wildman–Crippen MR) is 87.5 cm³/mol. The van der Waals surface area contributed by atoms with Crippen LogP contribution in [0.3, 0.4) is 0 Å². The van der Waals surface area contributed by atoms with Crippen molar-refractivity contribution in [1.29, 1.82) is 0 Å². The van der Waals surface area contributed by atoms with E-state index in [9.17, 15) is 0 Å². The van der Waals surface area contributed by atoms with Crippen LogP contribution >= 0.6 is 0 Å². The molecule has 0 amide bonds. The molecule has 0 saturated heterocycles. The van der Waals surface area contributed by atoms with Gasteiger partial charge in [-0.3, -0.25) is 5.01 Å². The molecule has 2 N–H and O–H groups in total. The van der Waals surface area contributed by atoms with Gasteiger partial charge in [0.05, 0.1) is 22.7 Å². The summed E-state index contributed by atoms with van der Waals surface area (Å²) in [6.07, 6.45) is 0. The summed E-state index contributed by atoms with van der Waals surface area (Å²) in [5.41, 5.74) is 5.31. The second-order valence-corrected chi connectivity index (χ2v) is 5.02. The Kier molecular flexibility index (Phi) is 2.66. The zero-order valence-electron chi connectivity index (χ0n) is 11.5. The first kappa shape index (κ1) is 12.0. The molecule has 0 radical (unpaired) electrons. The van der Waals surface area contributed by atoms with Gasteiger partial charge in [0.2, 0.25) is 0 Å². The molecule has 0 atom stereocenters. The molecule has 1 aliphatic rings. The van der Waals surface area contributed by atoms with E-state index in [2.05, 4.69) is 41.3 Å². The molecule has 0 spiro atoms. The molecule has 0 unspecified atom stereocenters. The maximum atomic E-state index is 6.30. The first-order valence-electron chi connectivity index (χ1n) is 6.94. The normalized spacial score (nSPS) is 12.8. The number of hydrogen-bond acceptors (Lipinski definition) is 3. The molecule has 4 rings (SSSR count). The molecule has 21 heavy (non-hydrogen) atoms. The van der Waals surface area contributed by atoms with Crippen molar-refractivity contribution in [2.75, 3.05) is 9.91 Å². The number of anilines is 5. The third kappa shape index (κ3) is 1.79. The van der Waals surface area contributed by atoms with E-state index in [1.807, 2.05) is 42.5 Å². The van der Waals surface area contributed by atoms with Gasteiger partial charge in [0.1, 0.15) is 0 Å². The Morgan fingerprint density at radius 2 is 0.952 bits per heavy atom. The molecular formula is C18H15N3. The lowest BCUT2D eigenvalue weighted by Gasteiger charge is -2.37. The summed E-state index contributed by atoms with van der Waals surface area (Å²) in [7, 11) is 0. The smallest absolute Gasteiger partial charge is 0.0816 e. The molecule has 0 saturated carbocycles. The third-order valence-corrected chi connectivity index (χ3v) is 3.78. The van der Waals surface area contributed by atoms with Crippen molar-refractivity contribution < 1.29 is 0 Å². The van der Waals surface area contributed by atoms with Crippen LogP contribution in [0.4, 0.5) is 28.4 Å². The summed E-state index contributed by atoms with van der Waals surface area (Å²) >= 11 is 0. The standard InChI is InChI=1S/C18H15N3/c19-21-17-12-6-4-10-15(17)20(14-8-2-1-3-9-14)16-11-5-7-13-18(16)21/h1-13H,19H2. The van der Waals surface area contributed by atoms with Crippen molar-refractivity contribution in [2.45, 2.75) is 0 Å². The molecule has 0 aliphatic carbocycles. The van der Waals surface area contributed by atoms with Crippen molar-refractivity contribution >= 4 is 28.4 Å². The van der Waals surface area contributed by atoms with E-state index in [0.29, 0.717) is 0 Å². The van der Waals surface area contributed by atoms with Gasteiger partial charge in [0.25, 0.3) is 0 Å². The average molecular weight is 273 g/mol. The van der Waals surface area contributed by atoms with Crippen LogP contribution in [-0.2, 0) is 0 Å². The van der Waals surface area contributed by atoms with Gasteiger partial charge >= 0.3 is 0 Å². The minimum absolute atomic E-state index is 1.00. The number of benzene rings is 3. The summed E-state index contributed by atoms with van der Waals surface area (Å²) in [5.74, 6) is 6.30. The second kappa shape index (κ2) is 4.65. The van der Waals surface area contributed by atoms with Gasteiger partial charge < -0.3 is 4.90 Å². The van der Waals surface area contributed by atoms with Gasteiger partial charge in [-0.15, -0.1) is 0 Å². The highest BCUT2D eigenvalue weighted by molar-refractivity contribution is 5.97. The lowest BCUT2D eigenvalue weighted by Crippen LogP contribution is -2.32. The molecule has 102 valence electrons. The van der Waals surface area contributed by atoms with E-state index in [-0.39, 0.29) is 0 Å². The number of nitrogens with two attached hydrogens (primary N) is 1. The van der Waals surface area contributed by atoms with E-state index in [4.69, 9.17) is 5.84 Å². The predicted octanol–water partition coefficient (Wildman–Crippen LogP) is 4.48. The van der Waals surface area contributed by atoms with Gasteiger partial charge in [-0.2, -0.15) is 0 Å². The molecule has 3 aromatic rings. The second-order valence-electron chi connectivity index (χ2n) is 5.02. The maximum Gasteiger partial charge on any atom is 0.0816 e. The van der Waals surface area contributed by atoms with E-state index in [0.717, 1.165) is 28.4 Å². The molecule has 1 aliphatic heterocycles. The maximum absolute atomic E-state index is 6.30. The Hall–Kier alpha value is -2.78. The van der Waals surface area contributed by atoms with E-state index in [1.165, 1.54) is 0 Å². The Morgan fingerprint density at radius 1 is 0.524 bits per heavy atom. The number of hydrazine groups is 1. The van der Waals surface area contributed by atoms with Crippen molar-refractivity contribution in [2.24, 2.45) is 5.84 Å². The Balaban J connectivity index is 2.01. The molecule has 1 heterocycles. The lowest BCUT2D eigenvalue weighted by molar-refractivity contribution is 1.05. The minimum Gasteiger partial charge on any atom is -0.306 e. The summed E-state index contributed by atoms with van der Waals surface area (Å²) < 4.78 is 0. The largest absolute Gasteiger partial charge is 0.306 e. The van der Waals surface area contributed by atoms with Gasteiger partial charge in [0, 0.05) is 5.69 Å². The lowest BCUT2D eigenvalue weighted by atomic mass is 10.1. The fraction of sp³-hybridized carbons (Fsp3) is 0. The van der Waals surface area contributed by atoms with Crippen molar-refractivity contribution in [3.63, 3.8) is 0 Å². The molecule has 3 aromatic carbocycles. The van der Waals surface area contributed by atoms with Crippen LogP contribution in [0.15, 0.2) is 78.9 Å². The molecule has 3 nitrogen and oxygen atoms in total. The van der Waals surface area contributed by atoms with Gasteiger partial charge in [-0.25, -0.2) is 5.84 Å². The van der Waals surface area contributed by atoms with Crippen molar-refractivity contribution in [3.05, 3.63) is 78.9 Å². The van der Waals surface area contributed by atoms with E-state index >= 15 is 0 Å². The Labute approximate surface area is 123 Å². The quantitative estimate of drug-likeness (QED) is 0.663. The zero-order chi connectivity index (χ0) is 14.2. The first-order valence-corrected chi connectivity index (χ1v) is 6.94. The molecule has 0 fully saturated rings. The molecule has 3 heteroatoms. The summed E-state index contributed by atoms with van der Waals surface area (Å²) in [6, 6.07) is 26.7. The molecule has 0 aromatic heterocycles. The van der Waals surface area contributed by atoms with Gasteiger partial charge in [0.15, 0.2) is 0 Å². The van der Waals surface area contributed by atoms with Crippen LogP contribution in [0.25, 0.3) is 0 Å². The van der Waals surface area contributed by atoms with E-state index in [1.54, 1.807) is 5.01 Å². The SMILES string of the molecule is NN1c2ccccc2N(c2ccccc2)c2ccccc21. The first-order chi connectivity index (χ1) is 10.4. The zero-order valence-corrected chi connectivity index (χ0v) is 11.5. The van der Waals surface area contributed by atoms with Crippen molar-refractivity contribution in [1.82, 2.24) is 0 Å². The van der Waals surface area contributed by atoms with Gasteiger partial charge in [-0.1, -0.05) is 42.5 Å². The minimum atomic E-state index is 1.00. The topological polar surface area (TPSA) is 32.5 Å². The van der Waals surface area contributed by atoms with Crippen molar-refractivity contribution in [3.8, 4) is 0 Å². The number of fused-ring (bicyclic) bond motifs is 2. The molecule has 0 bridgehead atoms. The van der Waals surface area contributed by atoms with Crippen LogP contribution in [0.1, 0.15) is 0 Å². The number of nitrogens with zero attached hydrogens (tertiary/aromatic N) is 2. The monoisotopic (exact) mass is 273 g/mol. The number of para-hydroxylation sites is 5. The van der Waals surface area contributed by atoms with Crippen LogP contribution in [0.2, 0.25) is 0 Å². The number of hydrogen-bond donors (Lipinski definition) is 1. The molecular weight excluding hydrogens is 258 g/mol. The van der Waals surface area contributed by atoms with Crippen LogP contribution in [0, 0.1) is 0 Å². The average Bonchev–Trinajstić information content (AvgIpc) is 2.56. The summed E-state index contributed by atoms with van der Waals surface area (Å²) in [5, 5.41) is 1.75. The Bertz CT molecular complexity index is 736. The highest BCUT2D eigenvalue weighted by atomic mass is 15.4.